The number of carbonyl (C=O) groups excluding carboxylic acids is 1. The number of carbonyl (C=O) groups is 1. The number of ether oxygens (including phenoxy) is 2. The molecule has 2 aromatic carbocycles. The second kappa shape index (κ2) is 7.26. The van der Waals surface area contributed by atoms with E-state index in [4.69, 9.17) is 9.47 Å². The van der Waals surface area contributed by atoms with Gasteiger partial charge in [-0.3, -0.25) is 14.9 Å². The van der Waals surface area contributed by atoms with Gasteiger partial charge < -0.3 is 14.8 Å². The fourth-order valence-electron chi connectivity index (χ4n) is 1.90. The molecule has 23 heavy (non-hydrogen) atoms. The Morgan fingerprint density at radius 2 is 1.91 bits per heavy atom. The lowest BCUT2D eigenvalue weighted by Gasteiger charge is -2.16. The number of anilines is 1. The molecule has 0 radical (unpaired) electrons. The smallest absolute Gasteiger partial charge is 0.271 e. The van der Waals surface area contributed by atoms with Crippen molar-refractivity contribution < 1.29 is 19.2 Å². The van der Waals surface area contributed by atoms with Crippen molar-refractivity contribution >= 4 is 17.3 Å². The van der Waals surface area contributed by atoms with Crippen molar-refractivity contribution in [1.29, 1.82) is 0 Å². The Morgan fingerprint density at radius 1 is 1.22 bits per heavy atom. The number of nitrogens with one attached hydrogen (secondary N) is 1. The minimum atomic E-state index is -0.777. The van der Waals surface area contributed by atoms with Crippen LogP contribution in [-0.4, -0.2) is 24.0 Å². The number of hydrogen-bond donors (Lipinski definition) is 1. The molecule has 0 spiro atoms. The number of methoxy groups -OCH3 is 1. The summed E-state index contributed by atoms with van der Waals surface area (Å²) in [6.07, 6.45) is -0.777. The van der Waals surface area contributed by atoms with Gasteiger partial charge in [0.05, 0.1) is 17.7 Å². The first-order valence-corrected chi connectivity index (χ1v) is 6.86. The predicted molar refractivity (Wildman–Crippen MR) is 84.8 cm³/mol. The first-order chi connectivity index (χ1) is 11.0. The molecular formula is C16H16N2O5. The largest absolute Gasteiger partial charge is 0.495 e. The number of amides is 1. The fraction of sp³-hybridized carbons (Fsp3) is 0.188. The number of rotatable bonds is 6. The van der Waals surface area contributed by atoms with E-state index in [2.05, 4.69) is 5.32 Å². The van der Waals surface area contributed by atoms with E-state index >= 15 is 0 Å². The Labute approximate surface area is 133 Å². The average Bonchev–Trinajstić information content (AvgIpc) is 2.55. The molecule has 2 rings (SSSR count). The molecule has 1 unspecified atom stereocenters. The summed E-state index contributed by atoms with van der Waals surface area (Å²) in [4.78, 5) is 22.5. The van der Waals surface area contributed by atoms with Gasteiger partial charge in [0.15, 0.2) is 6.10 Å². The number of hydrogen-bond acceptors (Lipinski definition) is 5. The van der Waals surface area contributed by atoms with Gasteiger partial charge in [-0.1, -0.05) is 18.2 Å². The molecule has 120 valence electrons. The first-order valence-electron chi connectivity index (χ1n) is 6.86. The molecule has 0 aliphatic carbocycles. The SMILES string of the molecule is COc1ccc([N+](=O)[O-])cc1NC(=O)C(C)Oc1ccccc1. The highest BCUT2D eigenvalue weighted by atomic mass is 16.6. The van der Waals surface area contributed by atoms with Crippen molar-refractivity contribution in [2.24, 2.45) is 0 Å². The zero-order valence-electron chi connectivity index (χ0n) is 12.7. The molecule has 1 amide bonds. The van der Waals surface area contributed by atoms with Crippen LogP contribution < -0.4 is 14.8 Å². The number of nitro groups is 1. The summed E-state index contributed by atoms with van der Waals surface area (Å²) < 4.78 is 10.6. The average molecular weight is 316 g/mol. The molecule has 1 N–H and O–H groups in total. The van der Waals surface area contributed by atoms with Crippen LogP contribution in [0.3, 0.4) is 0 Å². The van der Waals surface area contributed by atoms with E-state index in [9.17, 15) is 14.9 Å². The summed E-state index contributed by atoms with van der Waals surface area (Å²) in [6.45, 7) is 1.59. The molecule has 7 nitrogen and oxygen atoms in total. The number of para-hydroxylation sites is 1. The second-order valence-electron chi connectivity index (χ2n) is 4.70. The fourth-order valence-corrected chi connectivity index (χ4v) is 1.90. The zero-order chi connectivity index (χ0) is 16.8. The third-order valence-electron chi connectivity index (χ3n) is 3.08. The van der Waals surface area contributed by atoms with Gasteiger partial charge in [-0.15, -0.1) is 0 Å². The number of benzene rings is 2. The molecule has 0 aliphatic heterocycles. The van der Waals surface area contributed by atoms with E-state index in [-0.39, 0.29) is 11.4 Å². The third-order valence-corrected chi connectivity index (χ3v) is 3.08. The van der Waals surface area contributed by atoms with Crippen molar-refractivity contribution in [1.82, 2.24) is 0 Å². The molecule has 0 bridgehead atoms. The van der Waals surface area contributed by atoms with Gasteiger partial charge >= 0.3 is 0 Å². The first kappa shape index (κ1) is 16.3. The Kier molecular flexibility index (Phi) is 5.14. The molecule has 0 aromatic heterocycles. The van der Waals surface area contributed by atoms with Crippen molar-refractivity contribution in [3.63, 3.8) is 0 Å². The van der Waals surface area contributed by atoms with E-state index < -0.39 is 16.9 Å². The standard InChI is InChI=1S/C16H16N2O5/c1-11(23-13-6-4-3-5-7-13)16(19)17-14-10-12(18(20)21)8-9-15(14)22-2/h3-11H,1-2H3,(H,17,19). The minimum absolute atomic E-state index is 0.141. The molecular weight excluding hydrogens is 300 g/mol. The normalized spacial score (nSPS) is 11.4. The maximum Gasteiger partial charge on any atom is 0.271 e. The highest BCUT2D eigenvalue weighted by molar-refractivity contribution is 5.95. The van der Waals surface area contributed by atoms with Crippen LogP contribution in [0, 0.1) is 10.1 Å². The topological polar surface area (TPSA) is 90.7 Å². The summed E-state index contributed by atoms with van der Waals surface area (Å²) in [5, 5.41) is 13.4. The van der Waals surface area contributed by atoms with Crippen LogP contribution >= 0.6 is 0 Å². The Bertz CT molecular complexity index is 703. The molecule has 0 heterocycles. The van der Waals surface area contributed by atoms with Crippen molar-refractivity contribution in [3.05, 3.63) is 58.6 Å². The Morgan fingerprint density at radius 3 is 2.52 bits per heavy atom. The van der Waals surface area contributed by atoms with E-state index in [1.807, 2.05) is 6.07 Å². The van der Waals surface area contributed by atoms with Gasteiger partial charge in [-0.25, -0.2) is 0 Å². The second-order valence-corrected chi connectivity index (χ2v) is 4.70. The van der Waals surface area contributed by atoms with Gasteiger partial charge in [0, 0.05) is 12.1 Å². The van der Waals surface area contributed by atoms with Crippen LogP contribution in [0.4, 0.5) is 11.4 Å². The molecule has 2 aromatic rings. The molecule has 0 saturated carbocycles. The van der Waals surface area contributed by atoms with E-state index in [0.717, 1.165) is 0 Å². The van der Waals surface area contributed by atoms with Crippen LogP contribution in [0.2, 0.25) is 0 Å². The monoisotopic (exact) mass is 316 g/mol. The summed E-state index contributed by atoms with van der Waals surface area (Å²) in [6, 6.07) is 12.9. The summed E-state index contributed by atoms with van der Waals surface area (Å²) in [5.41, 5.74) is 0.0768. The van der Waals surface area contributed by atoms with Gasteiger partial charge in [0.25, 0.3) is 11.6 Å². The number of nitrogens with zero attached hydrogens (tertiary/aromatic N) is 1. The number of non-ortho nitro benzene ring substituents is 1. The Hall–Kier alpha value is -3.09. The molecule has 0 saturated heterocycles. The van der Waals surface area contributed by atoms with E-state index in [1.54, 1.807) is 31.2 Å². The summed E-state index contributed by atoms with van der Waals surface area (Å²) >= 11 is 0. The summed E-state index contributed by atoms with van der Waals surface area (Å²) in [5.74, 6) is 0.449. The molecule has 1 atom stereocenters. The van der Waals surface area contributed by atoms with Crippen molar-refractivity contribution in [3.8, 4) is 11.5 Å². The van der Waals surface area contributed by atoms with Crippen LogP contribution in [0.5, 0.6) is 11.5 Å². The van der Waals surface area contributed by atoms with Crippen molar-refractivity contribution in [2.75, 3.05) is 12.4 Å². The third kappa shape index (κ3) is 4.19. The zero-order valence-corrected chi connectivity index (χ0v) is 12.7. The van der Waals surface area contributed by atoms with Crippen LogP contribution in [0.15, 0.2) is 48.5 Å². The lowest BCUT2D eigenvalue weighted by molar-refractivity contribution is -0.384. The Balaban J connectivity index is 2.12. The van der Waals surface area contributed by atoms with Crippen LogP contribution in [0.25, 0.3) is 0 Å². The van der Waals surface area contributed by atoms with E-state index in [1.165, 1.54) is 25.3 Å². The molecule has 0 aliphatic rings. The van der Waals surface area contributed by atoms with Crippen LogP contribution in [0.1, 0.15) is 6.92 Å². The lowest BCUT2D eigenvalue weighted by atomic mass is 10.2. The predicted octanol–water partition coefficient (Wildman–Crippen LogP) is 3.01. The van der Waals surface area contributed by atoms with Gasteiger partial charge in [0.2, 0.25) is 0 Å². The molecule has 0 fully saturated rings. The molecule has 7 heteroatoms. The number of nitro benzene ring substituents is 1. The van der Waals surface area contributed by atoms with Gasteiger partial charge in [-0.05, 0) is 25.1 Å². The van der Waals surface area contributed by atoms with E-state index in [0.29, 0.717) is 11.5 Å². The highest BCUT2D eigenvalue weighted by Gasteiger charge is 2.18. The maximum absolute atomic E-state index is 12.2. The lowest BCUT2D eigenvalue weighted by Crippen LogP contribution is -2.30. The minimum Gasteiger partial charge on any atom is -0.495 e. The highest BCUT2D eigenvalue weighted by Crippen LogP contribution is 2.29. The summed E-state index contributed by atoms with van der Waals surface area (Å²) in [7, 11) is 1.42. The maximum atomic E-state index is 12.2. The van der Waals surface area contributed by atoms with Gasteiger partial charge in [-0.2, -0.15) is 0 Å². The van der Waals surface area contributed by atoms with Crippen LogP contribution in [-0.2, 0) is 4.79 Å². The van der Waals surface area contributed by atoms with Crippen molar-refractivity contribution in [2.45, 2.75) is 13.0 Å². The quantitative estimate of drug-likeness (QED) is 0.653. The van der Waals surface area contributed by atoms with Gasteiger partial charge in [0.1, 0.15) is 11.5 Å².